The van der Waals surface area contributed by atoms with E-state index in [0.29, 0.717) is 42.6 Å². The molecular weight excluding hydrogens is 640 g/mol. The van der Waals surface area contributed by atoms with Crippen molar-refractivity contribution < 1.29 is 33.2 Å². The highest BCUT2D eigenvalue weighted by molar-refractivity contribution is 5.99. The summed E-state index contributed by atoms with van der Waals surface area (Å²) in [6.45, 7) is 7.20. The molecule has 0 saturated carbocycles. The van der Waals surface area contributed by atoms with Crippen LogP contribution >= 0.6 is 0 Å². The standard InChI is InChI=1S/C44H44O7/c1-5-39(32-14-10-7-11-15-32)43(33-16-21-36(22-17-33)47-28-38-29-50-44(2,3)51-38)34-18-23-37(24-19-34)48-30-40(45)35-20-25-41(42(26-35)46-4)49-27-31-12-8-6-9-13-31/h6-26,38H,5,27-30H2,1-4H3/b43-39+. The molecule has 0 spiro atoms. The van der Waals surface area contributed by atoms with Gasteiger partial charge < -0.3 is 28.4 Å². The summed E-state index contributed by atoms with van der Waals surface area (Å²) in [4.78, 5) is 13.1. The number of carbonyl (C=O) groups is 1. The van der Waals surface area contributed by atoms with Crippen LogP contribution in [-0.2, 0) is 16.1 Å². The lowest BCUT2D eigenvalue weighted by atomic mass is 9.88. The van der Waals surface area contributed by atoms with Gasteiger partial charge in [0, 0.05) is 5.56 Å². The molecule has 0 bridgehead atoms. The summed E-state index contributed by atoms with van der Waals surface area (Å²) in [5.74, 6) is 1.68. The number of methoxy groups -OCH3 is 1. The van der Waals surface area contributed by atoms with E-state index in [9.17, 15) is 4.79 Å². The molecule has 0 N–H and O–H groups in total. The van der Waals surface area contributed by atoms with Crippen molar-refractivity contribution in [2.45, 2.75) is 45.7 Å². The third-order valence-corrected chi connectivity index (χ3v) is 8.66. The first-order chi connectivity index (χ1) is 24.8. The molecule has 1 saturated heterocycles. The van der Waals surface area contributed by atoms with Crippen LogP contribution in [0.25, 0.3) is 11.1 Å². The SMILES string of the molecule is CC/C(=C(\c1ccc(OCC(=O)c2ccc(OCc3ccccc3)c(OC)c2)cc1)c1ccc(OCC2COC(C)(C)O2)cc1)c1ccccc1. The molecule has 262 valence electrons. The summed E-state index contributed by atoms with van der Waals surface area (Å²) in [5.41, 5.74) is 7.13. The molecule has 51 heavy (non-hydrogen) atoms. The zero-order valence-corrected chi connectivity index (χ0v) is 29.6. The van der Waals surface area contributed by atoms with Gasteiger partial charge >= 0.3 is 0 Å². The van der Waals surface area contributed by atoms with Gasteiger partial charge in [-0.3, -0.25) is 4.79 Å². The molecule has 5 aromatic rings. The highest BCUT2D eigenvalue weighted by Gasteiger charge is 2.33. The number of Topliss-reactive ketones (excluding diaryl/α,β-unsaturated/α-hetero) is 1. The minimum Gasteiger partial charge on any atom is -0.493 e. The van der Waals surface area contributed by atoms with Crippen LogP contribution in [0.1, 0.15) is 59.8 Å². The third kappa shape index (κ3) is 9.25. The maximum Gasteiger partial charge on any atom is 0.200 e. The molecule has 0 aromatic heterocycles. The minimum atomic E-state index is -0.582. The van der Waals surface area contributed by atoms with Gasteiger partial charge in [0.15, 0.2) is 29.7 Å². The monoisotopic (exact) mass is 684 g/mol. The number of benzene rings is 5. The number of allylic oxidation sites excluding steroid dienone is 1. The number of carbonyl (C=O) groups excluding carboxylic acids is 1. The van der Waals surface area contributed by atoms with Crippen molar-refractivity contribution in [2.75, 3.05) is 26.9 Å². The Morgan fingerprint density at radius 2 is 1.31 bits per heavy atom. The normalized spacial score (nSPS) is 15.5. The van der Waals surface area contributed by atoms with Crippen molar-refractivity contribution in [3.8, 4) is 23.0 Å². The van der Waals surface area contributed by atoms with Crippen LogP contribution in [0.15, 0.2) is 127 Å². The van der Waals surface area contributed by atoms with Crippen molar-refractivity contribution >= 4 is 16.9 Å². The van der Waals surface area contributed by atoms with E-state index in [1.807, 2.05) is 86.6 Å². The van der Waals surface area contributed by atoms with Crippen molar-refractivity contribution in [3.05, 3.63) is 155 Å². The van der Waals surface area contributed by atoms with E-state index in [2.05, 4.69) is 43.3 Å². The average molecular weight is 685 g/mol. The summed E-state index contributed by atoms with van der Waals surface area (Å²) >= 11 is 0. The van der Waals surface area contributed by atoms with E-state index in [-0.39, 0.29) is 18.5 Å². The Labute approximate surface area is 300 Å². The second-order valence-corrected chi connectivity index (χ2v) is 12.7. The fourth-order valence-electron chi connectivity index (χ4n) is 6.08. The quantitative estimate of drug-likeness (QED) is 0.0804. The van der Waals surface area contributed by atoms with Gasteiger partial charge in [-0.2, -0.15) is 0 Å². The van der Waals surface area contributed by atoms with Gasteiger partial charge in [0.2, 0.25) is 0 Å². The van der Waals surface area contributed by atoms with Crippen LogP contribution in [0.5, 0.6) is 23.0 Å². The molecular formula is C44H44O7. The predicted molar refractivity (Wildman–Crippen MR) is 200 cm³/mol. The van der Waals surface area contributed by atoms with Gasteiger partial charge in [-0.25, -0.2) is 0 Å². The fraction of sp³-hybridized carbons (Fsp3) is 0.250. The lowest BCUT2D eigenvalue weighted by Crippen LogP contribution is -2.25. The van der Waals surface area contributed by atoms with Gasteiger partial charge in [-0.05, 0) is 96.1 Å². The van der Waals surface area contributed by atoms with Gasteiger partial charge in [-0.15, -0.1) is 0 Å². The number of hydrogen-bond donors (Lipinski definition) is 0. The molecule has 1 aliphatic rings. The molecule has 5 aromatic carbocycles. The Bertz CT molecular complexity index is 1920. The van der Waals surface area contributed by atoms with Gasteiger partial charge in [0.25, 0.3) is 0 Å². The number of ketones is 1. The highest BCUT2D eigenvalue weighted by atomic mass is 16.7. The van der Waals surface area contributed by atoms with Crippen LogP contribution in [0.4, 0.5) is 0 Å². The number of rotatable bonds is 15. The molecule has 1 heterocycles. The zero-order valence-electron chi connectivity index (χ0n) is 29.6. The second kappa shape index (κ2) is 16.6. The van der Waals surface area contributed by atoms with Crippen LogP contribution in [0.3, 0.4) is 0 Å². The van der Waals surface area contributed by atoms with Crippen LogP contribution < -0.4 is 18.9 Å². The summed E-state index contributed by atoms with van der Waals surface area (Å²) in [5, 5.41) is 0. The van der Waals surface area contributed by atoms with Crippen molar-refractivity contribution in [2.24, 2.45) is 0 Å². The van der Waals surface area contributed by atoms with E-state index < -0.39 is 5.79 Å². The first-order valence-electron chi connectivity index (χ1n) is 17.3. The van der Waals surface area contributed by atoms with Crippen molar-refractivity contribution in [3.63, 3.8) is 0 Å². The molecule has 0 amide bonds. The topological polar surface area (TPSA) is 72.5 Å². The first-order valence-corrected chi connectivity index (χ1v) is 17.3. The van der Waals surface area contributed by atoms with E-state index >= 15 is 0 Å². The van der Waals surface area contributed by atoms with E-state index in [1.165, 1.54) is 5.57 Å². The van der Waals surface area contributed by atoms with Crippen LogP contribution in [-0.4, -0.2) is 44.6 Å². The van der Waals surface area contributed by atoms with E-state index in [0.717, 1.165) is 40.0 Å². The van der Waals surface area contributed by atoms with Gasteiger partial charge in [0.1, 0.15) is 30.8 Å². The molecule has 1 aliphatic heterocycles. The molecule has 1 unspecified atom stereocenters. The van der Waals surface area contributed by atoms with Crippen LogP contribution in [0, 0.1) is 0 Å². The molecule has 7 nitrogen and oxygen atoms in total. The number of hydrogen-bond acceptors (Lipinski definition) is 7. The molecule has 7 heteroatoms. The lowest BCUT2D eigenvalue weighted by molar-refractivity contribution is -0.141. The minimum absolute atomic E-state index is 0.107. The first kappa shape index (κ1) is 35.5. The summed E-state index contributed by atoms with van der Waals surface area (Å²) in [6, 6.07) is 41.6. The molecule has 6 rings (SSSR count). The molecule has 0 radical (unpaired) electrons. The Morgan fingerprint density at radius 3 is 1.90 bits per heavy atom. The predicted octanol–water partition coefficient (Wildman–Crippen LogP) is 9.44. The Balaban J connectivity index is 1.15. The van der Waals surface area contributed by atoms with E-state index in [1.54, 1.807) is 25.3 Å². The molecule has 1 fully saturated rings. The second-order valence-electron chi connectivity index (χ2n) is 12.7. The Morgan fingerprint density at radius 1 is 0.706 bits per heavy atom. The maximum absolute atomic E-state index is 13.1. The summed E-state index contributed by atoms with van der Waals surface area (Å²) < 4.78 is 35.1. The maximum atomic E-state index is 13.1. The largest absolute Gasteiger partial charge is 0.493 e. The van der Waals surface area contributed by atoms with Gasteiger partial charge in [0.05, 0.1) is 13.7 Å². The van der Waals surface area contributed by atoms with E-state index in [4.69, 9.17) is 28.4 Å². The molecule has 0 aliphatic carbocycles. The average Bonchev–Trinajstić information content (AvgIpc) is 3.53. The van der Waals surface area contributed by atoms with Crippen molar-refractivity contribution in [1.82, 2.24) is 0 Å². The number of ether oxygens (including phenoxy) is 6. The summed E-state index contributed by atoms with van der Waals surface area (Å²) in [7, 11) is 1.56. The highest BCUT2D eigenvalue weighted by Crippen LogP contribution is 2.36. The van der Waals surface area contributed by atoms with Crippen LogP contribution in [0.2, 0.25) is 0 Å². The summed E-state index contributed by atoms with van der Waals surface area (Å²) in [6.07, 6.45) is 0.725. The van der Waals surface area contributed by atoms with Gasteiger partial charge in [-0.1, -0.05) is 91.9 Å². The Kier molecular flexibility index (Phi) is 11.5. The third-order valence-electron chi connectivity index (χ3n) is 8.66. The fourth-order valence-corrected chi connectivity index (χ4v) is 6.08. The zero-order chi connectivity index (χ0) is 35.6. The Hall–Kier alpha value is -5.37. The smallest absolute Gasteiger partial charge is 0.200 e. The molecule has 1 atom stereocenters. The lowest BCUT2D eigenvalue weighted by Gasteiger charge is -2.18. The van der Waals surface area contributed by atoms with Crippen molar-refractivity contribution in [1.29, 1.82) is 0 Å².